The van der Waals surface area contributed by atoms with Crippen LogP contribution in [0.15, 0.2) is 78.9 Å². The van der Waals surface area contributed by atoms with Crippen molar-refractivity contribution in [3.63, 3.8) is 0 Å². The van der Waals surface area contributed by atoms with Crippen LogP contribution < -0.4 is 15.4 Å². The lowest BCUT2D eigenvalue weighted by Crippen LogP contribution is -2.25. The molecule has 5 heteroatoms. The maximum Gasteiger partial charge on any atom is 0.222 e. The number of benzene rings is 3. The molecule has 2 N–H and O–H groups in total. The number of anilines is 1. The molecular weight excluding hydrogens is 360 g/mol. The van der Waals surface area contributed by atoms with Crippen molar-refractivity contribution >= 4 is 23.2 Å². The van der Waals surface area contributed by atoms with Crippen molar-refractivity contribution < 1.29 is 9.53 Å². The Kier molecular flexibility index (Phi) is 6.72. The summed E-state index contributed by atoms with van der Waals surface area (Å²) in [6, 6.07) is 24.8. The fraction of sp³-hybridized carbons (Fsp3) is 0.136. The normalized spacial score (nSPS) is 10.3. The molecule has 0 aliphatic rings. The molecule has 3 rings (SSSR count). The predicted octanol–water partition coefficient (Wildman–Crippen LogP) is 5.25. The maximum atomic E-state index is 12.1. The molecule has 0 heterocycles. The highest BCUT2D eigenvalue weighted by Gasteiger charge is 2.06. The van der Waals surface area contributed by atoms with E-state index in [1.807, 2.05) is 78.9 Å². The summed E-state index contributed by atoms with van der Waals surface area (Å²) >= 11 is 6.10. The Morgan fingerprint density at radius 1 is 0.889 bits per heavy atom. The number of carbonyl (C=O) groups excluding carboxylic acids is 1. The summed E-state index contributed by atoms with van der Waals surface area (Å²) in [5.74, 6) is 1.45. The lowest BCUT2D eigenvalue weighted by atomic mass is 10.2. The summed E-state index contributed by atoms with van der Waals surface area (Å²) in [4.78, 5) is 12.1. The summed E-state index contributed by atoms with van der Waals surface area (Å²) in [5.41, 5.74) is 1.75. The monoisotopic (exact) mass is 380 g/mol. The lowest BCUT2D eigenvalue weighted by Gasteiger charge is -2.13. The third kappa shape index (κ3) is 5.76. The molecule has 0 aromatic heterocycles. The van der Waals surface area contributed by atoms with Crippen LogP contribution in [0.1, 0.15) is 12.0 Å². The lowest BCUT2D eigenvalue weighted by molar-refractivity contribution is -0.121. The van der Waals surface area contributed by atoms with Gasteiger partial charge >= 0.3 is 0 Å². The van der Waals surface area contributed by atoms with Gasteiger partial charge in [0.2, 0.25) is 5.91 Å². The average Bonchev–Trinajstić information content (AvgIpc) is 2.69. The number of nitrogens with one attached hydrogen (secondary N) is 2. The molecule has 27 heavy (non-hydrogen) atoms. The largest absolute Gasteiger partial charge is 0.455 e. The van der Waals surface area contributed by atoms with Gasteiger partial charge in [-0.05, 0) is 35.9 Å². The molecule has 0 unspecified atom stereocenters. The number of hydrogen-bond acceptors (Lipinski definition) is 3. The van der Waals surface area contributed by atoms with Gasteiger partial charge in [-0.1, -0.05) is 60.1 Å². The van der Waals surface area contributed by atoms with Gasteiger partial charge in [0.1, 0.15) is 5.75 Å². The van der Waals surface area contributed by atoms with Crippen molar-refractivity contribution in [1.82, 2.24) is 5.32 Å². The third-order valence-corrected chi connectivity index (χ3v) is 4.33. The fourth-order valence-corrected chi connectivity index (χ4v) is 2.75. The topological polar surface area (TPSA) is 50.4 Å². The zero-order chi connectivity index (χ0) is 18.9. The minimum atomic E-state index is -0.0381. The number of hydrogen-bond donors (Lipinski definition) is 2. The standard InChI is InChI=1S/C22H21ClN2O2/c23-19-11-5-4-8-17(19)16-25-22(26)14-15-24-20-12-6-7-13-21(20)27-18-9-2-1-3-10-18/h1-13,24H,14-16H2,(H,25,26). The van der Waals surface area contributed by atoms with E-state index >= 15 is 0 Å². The van der Waals surface area contributed by atoms with Crippen molar-refractivity contribution in [2.24, 2.45) is 0 Å². The van der Waals surface area contributed by atoms with Crippen molar-refractivity contribution in [3.8, 4) is 11.5 Å². The Hall–Kier alpha value is -2.98. The Labute approximate surface area is 164 Å². The van der Waals surface area contributed by atoms with Gasteiger partial charge in [0, 0.05) is 24.5 Å². The molecule has 0 fully saturated rings. The Balaban J connectivity index is 1.49. The number of carbonyl (C=O) groups is 1. The number of para-hydroxylation sites is 3. The highest BCUT2D eigenvalue weighted by atomic mass is 35.5. The molecule has 0 saturated carbocycles. The van der Waals surface area contributed by atoms with Gasteiger partial charge in [0.15, 0.2) is 5.75 Å². The smallest absolute Gasteiger partial charge is 0.222 e. The molecule has 0 radical (unpaired) electrons. The van der Waals surface area contributed by atoms with Crippen LogP contribution in [0, 0.1) is 0 Å². The van der Waals surface area contributed by atoms with Crippen molar-refractivity contribution in [3.05, 3.63) is 89.4 Å². The molecule has 0 aliphatic heterocycles. The summed E-state index contributed by atoms with van der Waals surface area (Å²) in [7, 11) is 0. The van der Waals surface area contributed by atoms with Gasteiger partial charge < -0.3 is 15.4 Å². The summed E-state index contributed by atoms with van der Waals surface area (Å²) in [6.07, 6.45) is 0.351. The third-order valence-electron chi connectivity index (χ3n) is 3.96. The van der Waals surface area contributed by atoms with Gasteiger partial charge in [-0.3, -0.25) is 4.79 Å². The molecule has 1 amide bonds. The average molecular weight is 381 g/mol. The van der Waals surface area contributed by atoms with Gasteiger partial charge in [0.25, 0.3) is 0 Å². The Morgan fingerprint density at radius 2 is 1.59 bits per heavy atom. The number of amides is 1. The minimum absolute atomic E-state index is 0.0381. The van der Waals surface area contributed by atoms with Crippen LogP contribution in [0.5, 0.6) is 11.5 Å². The predicted molar refractivity (Wildman–Crippen MR) is 109 cm³/mol. The van der Waals surface area contributed by atoms with Crippen LogP contribution in [0.2, 0.25) is 5.02 Å². The van der Waals surface area contributed by atoms with Crippen LogP contribution in [0.25, 0.3) is 0 Å². The van der Waals surface area contributed by atoms with Gasteiger partial charge in [-0.25, -0.2) is 0 Å². The molecule has 0 bridgehead atoms. The zero-order valence-electron chi connectivity index (χ0n) is 14.8. The van der Waals surface area contributed by atoms with Crippen molar-refractivity contribution in [2.45, 2.75) is 13.0 Å². The SMILES string of the molecule is O=C(CCNc1ccccc1Oc1ccccc1)NCc1ccccc1Cl. The van der Waals surface area contributed by atoms with Gasteiger partial charge in [-0.15, -0.1) is 0 Å². The quantitative estimate of drug-likeness (QED) is 0.561. The molecule has 3 aromatic rings. The van der Waals surface area contributed by atoms with Crippen LogP contribution in [0.4, 0.5) is 5.69 Å². The van der Waals surface area contributed by atoms with Crippen molar-refractivity contribution in [1.29, 1.82) is 0 Å². The van der Waals surface area contributed by atoms with Crippen LogP contribution in [-0.2, 0) is 11.3 Å². The van der Waals surface area contributed by atoms with E-state index in [0.717, 1.165) is 22.7 Å². The first kappa shape index (κ1) is 18.8. The molecule has 0 aliphatic carbocycles. The second-order valence-electron chi connectivity index (χ2n) is 5.96. The van der Waals surface area contributed by atoms with E-state index in [1.54, 1.807) is 0 Å². The second kappa shape index (κ2) is 9.64. The van der Waals surface area contributed by atoms with Crippen LogP contribution in [0.3, 0.4) is 0 Å². The van der Waals surface area contributed by atoms with E-state index in [2.05, 4.69) is 10.6 Å². The molecule has 3 aromatic carbocycles. The van der Waals surface area contributed by atoms with Crippen LogP contribution in [-0.4, -0.2) is 12.5 Å². The highest BCUT2D eigenvalue weighted by Crippen LogP contribution is 2.28. The van der Waals surface area contributed by atoms with Crippen molar-refractivity contribution in [2.75, 3.05) is 11.9 Å². The first-order valence-electron chi connectivity index (χ1n) is 8.78. The van der Waals surface area contributed by atoms with E-state index in [9.17, 15) is 4.79 Å². The number of rotatable bonds is 8. The maximum absolute atomic E-state index is 12.1. The molecule has 4 nitrogen and oxygen atoms in total. The Bertz CT molecular complexity index is 884. The first-order valence-corrected chi connectivity index (χ1v) is 9.16. The highest BCUT2D eigenvalue weighted by molar-refractivity contribution is 6.31. The summed E-state index contributed by atoms with van der Waals surface area (Å²) in [6.45, 7) is 0.926. The zero-order valence-corrected chi connectivity index (χ0v) is 15.6. The molecular formula is C22H21ClN2O2. The van der Waals surface area contributed by atoms with Gasteiger partial charge in [0.05, 0.1) is 5.69 Å². The Morgan fingerprint density at radius 3 is 2.41 bits per heavy atom. The number of halogens is 1. The van der Waals surface area contributed by atoms with E-state index in [1.165, 1.54) is 0 Å². The molecule has 0 spiro atoms. The molecule has 0 saturated heterocycles. The second-order valence-corrected chi connectivity index (χ2v) is 6.36. The van der Waals surface area contributed by atoms with Gasteiger partial charge in [-0.2, -0.15) is 0 Å². The summed E-state index contributed by atoms with van der Waals surface area (Å²) in [5, 5.41) is 6.80. The van der Waals surface area contributed by atoms with E-state index in [4.69, 9.17) is 16.3 Å². The molecule has 138 valence electrons. The minimum Gasteiger partial charge on any atom is -0.455 e. The molecule has 0 atom stereocenters. The first-order chi connectivity index (χ1) is 13.2. The van der Waals surface area contributed by atoms with Crippen LogP contribution >= 0.6 is 11.6 Å². The van der Waals surface area contributed by atoms with E-state index in [-0.39, 0.29) is 5.91 Å². The number of ether oxygens (including phenoxy) is 1. The van der Waals surface area contributed by atoms with E-state index in [0.29, 0.717) is 24.5 Å². The van der Waals surface area contributed by atoms with E-state index < -0.39 is 0 Å². The fourth-order valence-electron chi connectivity index (χ4n) is 2.55. The summed E-state index contributed by atoms with van der Waals surface area (Å²) < 4.78 is 5.91.